The van der Waals surface area contributed by atoms with Crippen molar-refractivity contribution in [2.24, 2.45) is 0 Å². The quantitative estimate of drug-likeness (QED) is 0.630. The van der Waals surface area contributed by atoms with Crippen LogP contribution in [0.5, 0.6) is 0 Å². The van der Waals surface area contributed by atoms with Gasteiger partial charge in [-0.15, -0.1) is 0 Å². The summed E-state index contributed by atoms with van der Waals surface area (Å²) in [5.74, 6) is -1.18. The van der Waals surface area contributed by atoms with E-state index in [4.69, 9.17) is 28.3 Å². The van der Waals surface area contributed by atoms with Crippen molar-refractivity contribution in [3.63, 3.8) is 0 Å². The lowest BCUT2D eigenvalue weighted by molar-refractivity contribution is 0.0697. The van der Waals surface area contributed by atoms with E-state index in [1.165, 1.54) is 54.7 Å². The van der Waals surface area contributed by atoms with E-state index in [0.29, 0.717) is 0 Å². The number of halogens is 2. The van der Waals surface area contributed by atoms with E-state index < -0.39 is 21.6 Å². The molecule has 11 heteroatoms. The van der Waals surface area contributed by atoms with Gasteiger partial charge in [-0.05, 0) is 42.5 Å². The number of carboxylic acid groups (broad SMARTS) is 1. The first-order valence-corrected chi connectivity index (χ1v) is 9.83. The van der Waals surface area contributed by atoms with E-state index in [1.54, 1.807) is 0 Å². The molecule has 1 heterocycles. The summed E-state index contributed by atoms with van der Waals surface area (Å²) in [6.45, 7) is 0. The second kappa shape index (κ2) is 7.63. The van der Waals surface area contributed by atoms with Crippen LogP contribution in [0.2, 0.25) is 10.0 Å². The molecule has 0 aliphatic rings. The summed E-state index contributed by atoms with van der Waals surface area (Å²) < 4.78 is 28.3. The Morgan fingerprint density at radius 2 is 1.79 bits per heavy atom. The van der Waals surface area contributed by atoms with E-state index in [2.05, 4.69) is 9.82 Å². The van der Waals surface area contributed by atoms with Crippen LogP contribution in [0, 0.1) is 0 Å². The first-order valence-electron chi connectivity index (χ1n) is 7.59. The number of aromatic carboxylic acids is 1. The number of hydrogen-bond acceptors (Lipinski definition) is 5. The molecule has 2 N–H and O–H groups in total. The highest BCUT2D eigenvalue weighted by Crippen LogP contribution is 2.20. The molecule has 0 unspecified atom stereocenters. The summed E-state index contributed by atoms with van der Waals surface area (Å²) in [5.41, 5.74) is -0.310. The van der Waals surface area contributed by atoms with Crippen LogP contribution >= 0.6 is 23.2 Å². The number of rotatable bonds is 5. The summed E-state index contributed by atoms with van der Waals surface area (Å²) in [6, 6.07) is 10.7. The highest BCUT2D eigenvalue weighted by molar-refractivity contribution is 7.92. The molecule has 0 radical (unpaired) electrons. The molecule has 8 nitrogen and oxygen atoms in total. The van der Waals surface area contributed by atoms with Crippen LogP contribution in [-0.2, 0) is 10.0 Å². The molecule has 28 heavy (non-hydrogen) atoms. The number of nitrogens with zero attached hydrogens (tertiary/aromatic N) is 2. The van der Waals surface area contributed by atoms with Crippen LogP contribution in [-0.4, -0.2) is 29.3 Å². The van der Waals surface area contributed by atoms with Crippen LogP contribution in [0.25, 0.3) is 5.69 Å². The Morgan fingerprint density at radius 3 is 2.43 bits per heavy atom. The van der Waals surface area contributed by atoms with Gasteiger partial charge >= 0.3 is 5.97 Å². The van der Waals surface area contributed by atoms with Crippen molar-refractivity contribution in [1.29, 1.82) is 0 Å². The summed E-state index contributed by atoms with van der Waals surface area (Å²) in [5, 5.41) is 12.7. The largest absolute Gasteiger partial charge is 0.478 e. The Labute approximate surface area is 169 Å². The molecular weight excluding hydrogens is 429 g/mol. The van der Waals surface area contributed by atoms with Gasteiger partial charge in [-0.3, -0.25) is 9.52 Å². The Morgan fingerprint density at radius 1 is 1.11 bits per heavy atom. The van der Waals surface area contributed by atoms with E-state index in [0.717, 1.165) is 4.68 Å². The van der Waals surface area contributed by atoms with Crippen LogP contribution in [0.3, 0.4) is 0 Å². The number of nitrogens with one attached hydrogen (secondary N) is 1. The average molecular weight is 440 g/mol. The van der Waals surface area contributed by atoms with E-state index in [9.17, 15) is 18.0 Å². The van der Waals surface area contributed by atoms with Gasteiger partial charge in [-0.25, -0.2) is 13.2 Å². The highest BCUT2D eigenvalue weighted by atomic mass is 35.5. The first kappa shape index (κ1) is 19.9. The fourth-order valence-electron chi connectivity index (χ4n) is 2.29. The molecule has 0 bridgehead atoms. The maximum Gasteiger partial charge on any atom is 0.335 e. The minimum Gasteiger partial charge on any atom is -0.478 e. The van der Waals surface area contributed by atoms with Gasteiger partial charge in [0.05, 0.1) is 27.4 Å². The molecule has 0 fully saturated rings. The predicted molar refractivity (Wildman–Crippen MR) is 104 cm³/mol. The molecule has 0 amide bonds. The van der Waals surface area contributed by atoms with E-state index in [-0.39, 0.29) is 31.9 Å². The first-order chi connectivity index (χ1) is 13.2. The third-order valence-corrected chi connectivity index (χ3v) is 5.78. The lowest BCUT2D eigenvalue weighted by Crippen LogP contribution is -2.21. The topological polar surface area (TPSA) is 118 Å². The Hall–Kier alpha value is -2.88. The van der Waals surface area contributed by atoms with E-state index >= 15 is 0 Å². The molecule has 0 saturated heterocycles. The molecule has 3 rings (SSSR count). The summed E-state index contributed by atoms with van der Waals surface area (Å²) in [4.78, 5) is 23.0. The number of carbonyl (C=O) groups is 1. The molecule has 3 aromatic rings. The summed E-state index contributed by atoms with van der Waals surface area (Å²) in [6.07, 6.45) is 1.20. The van der Waals surface area contributed by atoms with Crippen molar-refractivity contribution in [2.75, 3.05) is 4.72 Å². The SMILES string of the molecule is O=C(O)c1cccc(NS(=O)(=O)c2ccc(-n3ncc(Cl)c(Cl)c3=O)cc2)c1. The molecule has 2 aromatic carbocycles. The zero-order valence-corrected chi connectivity index (χ0v) is 16.2. The Bertz CT molecular complexity index is 1220. The number of benzene rings is 2. The third kappa shape index (κ3) is 4.01. The van der Waals surface area contributed by atoms with Crippen molar-refractivity contribution in [1.82, 2.24) is 9.78 Å². The van der Waals surface area contributed by atoms with Gasteiger partial charge in [0.1, 0.15) is 5.02 Å². The van der Waals surface area contributed by atoms with E-state index in [1.807, 2.05) is 0 Å². The zero-order chi connectivity index (χ0) is 20.5. The zero-order valence-electron chi connectivity index (χ0n) is 13.8. The Kier molecular flexibility index (Phi) is 5.41. The fraction of sp³-hybridized carbons (Fsp3) is 0. The standard InChI is InChI=1S/C17H11Cl2N3O5S/c18-14-9-20-22(16(23)15(14)19)12-4-6-13(7-5-12)28(26,27)21-11-3-1-2-10(8-11)17(24)25/h1-9,21H,(H,24,25). The number of aromatic nitrogens is 2. The van der Waals surface area contributed by atoms with Crippen molar-refractivity contribution < 1.29 is 18.3 Å². The minimum absolute atomic E-state index is 0.00917. The van der Waals surface area contributed by atoms with Gasteiger partial charge < -0.3 is 5.11 Å². The number of carboxylic acids is 1. The van der Waals surface area contributed by atoms with Gasteiger partial charge in [-0.2, -0.15) is 9.78 Å². The second-order valence-corrected chi connectivity index (χ2v) is 7.98. The molecule has 0 saturated carbocycles. The number of sulfonamides is 1. The van der Waals surface area contributed by atoms with Gasteiger partial charge in [0.15, 0.2) is 0 Å². The molecule has 0 atom stereocenters. The van der Waals surface area contributed by atoms with Gasteiger partial charge in [0.25, 0.3) is 15.6 Å². The van der Waals surface area contributed by atoms with Crippen molar-refractivity contribution in [3.8, 4) is 5.69 Å². The average Bonchev–Trinajstić information content (AvgIpc) is 2.66. The predicted octanol–water partition coefficient (Wildman–Crippen LogP) is 3.04. The third-order valence-electron chi connectivity index (χ3n) is 3.63. The molecule has 1 aromatic heterocycles. The van der Waals surface area contributed by atoms with Gasteiger partial charge in [0.2, 0.25) is 0 Å². The normalized spacial score (nSPS) is 11.2. The smallest absolute Gasteiger partial charge is 0.335 e. The van der Waals surface area contributed by atoms with Crippen LogP contribution < -0.4 is 10.3 Å². The van der Waals surface area contributed by atoms with Gasteiger partial charge in [-0.1, -0.05) is 29.3 Å². The fourth-order valence-corrected chi connectivity index (χ4v) is 3.60. The number of anilines is 1. The lowest BCUT2D eigenvalue weighted by atomic mass is 10.2. The lowest BCUT2D eigenvalue weighted by Gasteiger charge is -2.10. The van der Waals surface area contributed by atoms with Crippen molar-refractivity contribution in [3.05, 3.63) is 80.7 Å². The molecule has 0 aliphatic carbocycles. The minimum atomic E-state index is -3.98. The van der Waals surface area contributed by atoms with Crippen LogP contribution in [0.15, 0.2) is 64.4 Å². The monoisotopic (exact) mass is 439 g/mol. The second-order valence-electron chi connectivity index (χ2n) is 5.51. The van der Waals surface area contributed by atoms with Gasteiger partial charge in [0, 0.05) is 5.69 Å². The Balaban J connectivity index is 1.90. The number of hydrogen-bond donors (Lipinski definition) is 2. The van der Waals surface area contributed by atoms with Crippen LogP contribution in [0.4, 0.5) is 5.69 Å². The molecule has 0 aliphatic heterocycles. The maximum absolute atomic E-state index is 12.5. The molecule has 144 valence electrons. The van der Waals surface area contributed by atoms with Crippen LogP contribution in [0.1, 0.15) is 10.4 Å². The maximum atomic E-state index is 12.5. The summed E-state index contributed by atoms with van der Waals surface area (Å²) in [7, 11) is -3.98. The molecular formula is C17H11Cl2N3O5S. The van der Waals surface area contributed by atoms with Crippen molar-refractivity contribution >= 4 is 44.9 Å². The van der Waals surface area contributed by atoms with Crippen molar-refractivity contribution in [2.45, 2.75) is 4.90 Å². The highest BCUT2D eigenvalue weighted by Gasteiger charge is 2.16. The summed E-state index contributed by atoms with van der Waals surface area (Å²) >= 11 is 11.5. The molecule has 0 spiro atoms.